The molecule has 4 aliphatic rings. The standard InChI is InChI=1S/C19H23BrN2O2/c20-15-2-1-3-16(7-15)22-17(23)11-21-18(24)19-8-12-4-13(9-19)6-14(5-12)10-19/h1-3,7,12-14H,4-6,8-11H2,(H,21,24)(H,22,23). The predicted octanol–water partition coefficient (Wildman–Crippen LogP) is 3.72. The van der Waals surface area contributed by atoms with Crippen molar-refractivity contribution >= 4 is 33.4 Å². The molecule has 4 bridgehead atoms. The molecule has 0 aliphatic heterocycles. The van der Waals surface area contributed by atoms with Gasteiger partial charge in [-0.25, -0.2) is 0 Å². The monoisotopic (exact) mass is 390 g/mol. The van der Waals surface area contributed by atoms with E-state index in [-0.39, 0.29) is 23.8 Å². The first-order chi connectivity index (χ1) is 11.5. The van der Waals surface area contributed by atoms with Crippen molar-refractivity contribution in [2.45, 2.75) is 38.5 Å². The third kappa shape index (κ3) is 3.10. The summed E-state index contributed by atoms with van der Waals surface area (Å²) >= 11 is 3.38. The van der Waals surface area contributed by atoms with E-state index in [0.29, 0.717) is 0 Å². The molecule has 1 aromatic rings. The molecule has 4 fully saturated rings. The van der Waals surface area contributed by atoms with E-state index in [4.69, 9.17) is 0 Å². The van der Waals surface area contributed by atoms with Gasteiger partial charge in [0.15, 0.2) is 0 Å². The lowest BCUT2D eigenvalue weighted by Crippen LogP contribution is -2.54. The van der Waals surface area contributed by atoms with Crippen LogP contribution in [0.4, 0.5) is 5.69 Å². The van der Waals surface area contributed by atoms with Crippen molar-refractivity contribution in [2.24, 2.45) is 23.2 Å². The van der Waals surface area contributed by atoms with Crippen molar-refractivity contribution in [1.29, 1.82) is 0 Å². The van der Waals surface area contributed by atoms with E-state index in [2.05, 4.69) is 26.6 Å². The second-order valence-electron chi connectivity index (χ2n) is 7.94. The van der Waals surface area contributed by atoms with Crippen LogP contribution in [0.2, 0.25) is 0 Å². The minimum absolute atomic E-state index is 0.0487. The number of rotatable bonds is 4. The van der Waals surface area contributed by atoms with E-state index in [1.54, 1.807) is 0 Å². The number of amides is 2. The Balaban J connectivity index is 1.34. The topological polar surface area (TPSA) is 58.2 Å². The van der Waals surface area contributed by atoms with E-state index in [1.807, 2.05) is 24.3 Å². The maximum absolute atomic E-state index is 12.8. The summed E-state index contributed by atoms with van der Waals surface area (Å²) in [7, 11) is 0. The normalized spacial score (nSPS) is 33.3. The van der Waals surface area contributed by atoms with Crippen molar-refractivity contribution in [1.82, 2.24) is 5.32 Å². The van der Waals surface area contributed by atoms with Crippen LogP contribution in [0.5, 0.6) is 0 Å². The van der Waals surface area contributed by atoms with Crippen LogP contribution in [0, 0.1) is 23.2 Å². The smallest absolute Gasteiger partial charge is 0.243 e. The Morgan fingerprint density at radius 3 is 2.29 bits per heavy atom. The van der Waals surface area contributed by atoms with Gasteiger partial charge in [-0.3, -0.25) is 9.59 Å². The van der Waals surface area contributed by atoms with E-state index in [0.717, 1.165) is 47.2 Å². The van der Waals surface area contributed by atoms with Crippen LogP contribution in [0.25, 0.3) is 0 Å². The Morgan fingerprint density at radius 2 is 1.71 bits per heavy atom. The highest BCUT2D eigenvalue weighted by atomic mass is 79.9. The highest BCUT2D eigenvalue weighted by Crippen LogP contribution is 2.60. The fourth-order valence-corrected chi connectivity index (χ4v) is 5.91. The zero-order valence-corrected chi connectivity index (χ0v) is 15.3. The molecule has 0 heterocycles. The van der Waals surface area contributed by atoms with Crippen LogP contribution in [0.3, 0.4) is 0 Å². The first-order valence-corrected chi connectivity index (χ1v) is 9.65. The number of benzene rings is 1. The van der Waals surface area contributed by atoms with E-state index >= 15 is 0 Å². The number of hydrogen-bond acceptors (Lipinski definition) is 2. The molecule has 4 aliphatic carbocycles. The number of carbonyl (C=O) groups excluding carboxylic acids is 2. The molecule has 0 unspecified atom stereocenters. The van der Waals surface area contributed by atoms with Crippen LogP contribution in [-0.4, -0.2) is 18.4 Å². The van der Waals surface area contributed by atoms with Crippen LogP contribution in [0.15, 0.2) is 28.7 Å². The molecule has 5 heteroatoms. The lowest BCUT2D eigenvalue weighted by molar-refractivity contribution is -0.146. The number of halogens is 1. The van der Waals surface area contributed by atoms with Crippen LogP contribution in [-0.2, 0) is 9.59 Å². The van der Waals surface area contributed by atoms with Gasteiger partial charge in [-0.1, -0.05) is 22.0 Å². The zero-order chi connectivity index (χ0) is 16.7. The summed E-state index contributed by atoms with van der Waals surface area (Å²) in [6.07, 6.45) is 7.02. The largest absolute Gasteiger partial charge is 0.347 e. The van der Waals surface area contributed by atoms with Crippen molar-refractivity contribution < 1.29 is 9.59 Å². The molecule has 0 radical (unpaired) electrons. The molecule has 0 spiro atoms. The minimum atomic E-state index is -0.190. The van der Waals surface area contributed by atoms with E-state index < -0.39 is 0 Å². The van der Waals surface area contributed by atoms with Crippen LogP contribution >= 0.6 is 15.9 Å². The Morgan fingerprint density at radius 1 is 1.08 bits per heavy atom. The molecular weight excluding hydrogens is 368 g/mol. The molecule has 0 atom stereocenters. The zero-order valence-electron chi connectivity index (χ0n) is 13.7. The Bertz CT molecular complexity index is 638. The fraction of sp³-hybridized carbons (Fsp3) is 0.579. The van der Waals surface area contributed by atoms with Gasteiger partial charge in [0.05, 0.1) is 6.54 Å². The third-order valence-electron chi connectivity index (χ3n) is 6.04. The molecule has 4 nitrogen and oxygen atoms in total. The SMILES string of the molecule is O=C(CNC(=O)C12CC3CC(CC(C3)C1)C2)Nc1cccc(Br)c1. The average Bonchev–Trinajstić information content (AvgIpc) is 2.51. The molecule has 24 heavy (non-hydrogen) atoms. The summed E-state index contributed by atoms with van der Waals surface area (Å²) < 4.78 is 0.915. The van der Waals surface area contributed by atoms with Gasteiger partial charge in [0, 0.05) is 15.6 Å². The number of carbonyl (C=O) groups is 2. The van der Waals surface area contributed by atoms with Gasteiger partial charge in [-0.15, -0.1) is 0 Å². The van der Waals surface area contributed by atoms with Crippen molar-refractivity contribution in [3.63, 3.8) is 0 Å². The summed E-state index contributed by atoms with van der Waals surface area (Å²) in [5.74, 6) is 2.13. The summed E-state index contributed by atoms with van der Waals surface area (Å²) in [6.45, 7) is 0.0487. The Kier molecular flexibility index (Phi) is 4.15. The number of hydrogen-bond donors (Lipinski definition) is 2. The molecule has 0 saturated heterocycles. The molecule has 0 aromatic heterocycles. The van der Waals surface area contributed by atoms with Gasteiger partial charge in [0.1, 0.15) is 0 Å². The van der Waals surface area contributed by atoms with E-state index in [9.17, 15) is 9.59 Å². The average molecular weight is 391 g/mol. The summed E-state index contributed by atoms with van der Waals surface area (Å²) in [6, 6.07) is 7.46. The number of anilines is 1. The maximum atomic E-state index is 12.8. The van der Waals surface area contributed by atoms with Gasteiger partial charge < -0.3 is 10.6 Å². The molecule has 2 N–H and O–H groups in total. The van der Waals surface area contributed by atoms with Crippen molar-refractivity contribution in [2.75, 3.05) is 11.9 Å². The van der Waals surface area contributed by atoms with Gasteiger partial charge in [-0.2, -0.15) is 0 Å². The highest BCUT2D eigenvalue weighted by molar-refractivity contribution is 9.10. The van der Waals surface area contributed by atoms with Crippen molar-refractivity contribution in [3.05, 3.63) is 28.7 Å². The Labute approximate surface area is 150 Å². The summed E-state index contributed by atoms with van der Waals surface area (Å²) in [5.41, 5.74) is 0.545. The predicted molar refractivity (Wildman–Crippen MR) is 96.4 cm³/mol. The highest BCUT2D eigenvalue weighted by Gasteiger charge is 2.54. The second-order valence-corrected chi connectivity index (χ2v) is 8.85. The van der Waals surface area contributed by atoms with Crippen molar-refractivity contribution in [3.8, 4) is 0 Å². The van der Waals surface area contributed by atoms with Gasteiger partial charge in [0.25, 0.3) is 0 Å². The molecule has 5 rings (SSSR count). The lowest BCUT2D eigenvalue weighted by atomic mass is 9.49. The maximum Gasteiger partial charge on any atom is 0.243 e. The fourth-order valence-electron chi connectivity index (χ4n) is 5.51. The Hall–Kier alpha value is -1.36. The first kappa shape index (κ1) is 16.1. The van der Waals surface area contributed by atoms with Gasteiger partial charge in [0.2, 0.25) is 11.8 Å². The van der Waals surface area contributed by atoms with Crippen LogP contribution < -0.4 is 10.6 Å². The lowest BCUT2D eigenvalue weighted by Gasteiger charge is -2.55. The summed E-state index contributed by atoms with van der Waals surface area (Å²) in [4.78, 5) is 24.9. The quantitative estimate of drug-likeness (QED) is 0.822. The molecule has 1 aromatic carbocycles. The molecule has 2 amide bonds. The van der Waals surface area contributed by atoms with Crippen LogP contribution in [0.1, 0.15) is 38.5 Å². The first-order valence-electron chi connectivity index (χ1n) is 8.86. The minimum Gasteiger partial charge on any atom is -0.347 e. The van der Waals surface area contributed by atoms with Gasteiger partial charge >= 0.3 is 0 Å². The third-order valence-corrected chi connectivity index (χ3v) is 6.53. The molecule has 4 saturated carbocycles. The number of nitrogens with one attached hydrogen (secondary N) is 2. The molecule has 128 valence electrons. The van der Waals surface area contributed by atoms with Gasteiger partial charge in [-0.05, 0) is 74.5 Å². The summed E-state index contributed by atoms with van der Waals surface area (Å²) in [5, 5.41) is 5.74. The van der Waals surface area contributed by atoms with E-state index in [1.165, 1.54) is 19.3 Å². The molecular formula is C19H23BrN2O2. The second kappa shape index (κ2) is 6.17.